The molecule has 1 aliphatic rings. The molecule has 0 bridgehead atoms. The van der Waals surface area contributed by atoms with E-state index in [-0.39, 0.29) is 12.3 Å². The number of carboxylic acids is 1. The van der Waals surface area contributed by atoms with Crippen molar-refractivity contribution in [1.29, 1.82) is 0 Å². The normalized spacial score (nSPS) is 15.9. The average molecular weight is 402 g/mol. The smallest absolute Gasteiger partial charge is 0.481 e. The van der Waals surface area contributed by atoms with Gasteiger partial charge in [0, 0.05) is 45.2 Å². The number of halogens is 1. The molecule has 0 aliphatic carbocycles. The predicted octanol–water partition coefficient (Wildman–Crippen LogP) is 2.49. The molecule has 3 N–H and O–H groups in total. The maximum atomic E-state index is 11.2. The molecule has 1 unspecified atom stereocenters. The van der Waals surface area contributed by atoms with Crippen molar-refractivity contribution in [3.8, 4) is 0 Å². The van der Waals surface area contributed by atoms with E-state index in [0.29, 0.717) is 22.6 Å². The highest BCUT2D eigenvalue weighted by Gasteiger charge is 2.25. The molecule has 1 atom stereocenters. The minimum absolute atomic E-state index is 0.0770. The van der Waals surface area contributed by atoms with Crippen molar-refractivity contribution in [1.82, 2.24) is 4.57 Å². The van der Waals surface area contributed by atoms with Gasteiger partial charge in [0.1, 0.15) is 0 Å². The van der Waals surface area contributed by atoms with Gasteiger partial charge in [-0.15, -0.1) is 11.8 Å². The lowest BCUT2D eigenvalue weighted by Crippen LogP contribution is -2.29. The van der Waals surface area contributed by atoms with E-state index in [4.69, 9.17) is 11.6 Å². The molecule has 1 aliphatic heterocycles. The third-order valence-electron chi connectivity index (χ3n) is 4.90. The van der Waals surface area contributed by atoms with Crippen molar-refractivity contribution in [2.24, 2.45) is 0 Å². The molecule has 0 radical (unpaired) electrons. The highest BCUT2D eigenvalue weighted by molar-refractivity contribution is 7.99. The molecule has 3 aromatic rings. The molecule has 4 rings (SSSR count). The van der Waals surface area contributed by atoms with Crippen molar-refractivity contribution < 1.29 is 19.9 Å². The van der Waals surface area contributed by atoms with Gasteiger partial charge in [-0.25, -0.2) is 0 Å². The van der Waals surface area contributed by atoms with Gasteiger partial charge < -0.3 is 19.7 Å². The summed E-state index contributed by atoms with van der Waals surface area (Å²) in [7, 11) is -1.57. The second-order valence-electron chi connectivity index (χ2n) is 6.72. The first-order valence-corrected chi connectivity index (χ1v) is 9.90. The van der Waals surface area contributed by atoms with Gasteiger partial charge in [0.2, 0.25) is 0 Å². The molecular weight excluding hydrogens is 385 g/mol. The molecule has 2 aromatic carbocycles. The molecule has 0 fully saturated rings. The number of benzene rings is 2. The van der Waals surface area contributed by atoms with Crippen LogP contribution in [0.5, 0.6) is 0 Å². The number of aromatic nitrogens is 1. The van der Waals surface area contributed by atoms with Gasteiger partial charge in [-0.1, -0.05) is 23.7 Å². The lowest BCUT2D eigenvalue weighted by atomic mass is 9.80. The molecule has 0 saturated carbocycles. The standard InChI is InChI=1S/C19H17BClNO4S/c21-14-2-4-18-16(7-14)12(10-27-18)9-22-8-11(5-19(23)24)15-3-1-13(20(25)26)6-17(15)22/h1-4,6-8,12,25-26H,5,9-10H2,(H,23,24). The number of hydrogen-bond donors (Lipinski definition) is 3. The number of fused-ring (bicyclic) bond motifs is 2. The second kappa shape index (κ2) is 7.24. The van der Waals surface area contributed by atoms with Crippen molar-refractivity contribution in [2.45, 2.75) is 23.8 Å². The van der Waals surface area contributed by atoms with Crippen molar-refractivity contribution in [3.63, 3.8) is 0 Å². The quantitative estimate of drug-likeness (QED) is 0.572. The number of carbonyl (C=O) groups is 1. The monoisotopic (exact) mass is 401 g/mol. The summed E-state index contributed by atoms with van der Waals surface area (Å²) < 4.78 is 2.01. The Kier molecular flexibility index (Phi) is 4.95. The van der Waals surface area contributed by atoms with E-state index < -0.39 is 13.1 Å². The molecule has 1 aromatic heterocycles. The highest BCUT2D eigenvalue weighted by atomic mass is 35.5. The maximum absolute atomic E-state index is 11.2. The van der Waals surface area contributed by atoms with Crippen molar-refractivity contribution >= 4 is 52.8 Å². The molecule has 27 heavy (non-hydrogen) atoms. The van der Waals surface area contributed by atoms with E-state index in [9.17, 15) is 19.9 Å². The van der Waals surface area contributed by atoms with Gasteiger partial charge in [-0.3, -0.25) is 4.79 Å². The summed E-state index contributed by atoms with van der Waals surface area (Å²) in [5, 5.41) is 29.7. The first-order valence-electron chi connectivity index (χ1n) is 8.54. The Balaban J connectivity index is 1.76. The molecule has 0 saturated heterocycles. The van der Waals surface area contributed by atoms with Crippen molar-refractivity contribution in [2.75, 3.05) is 5.75 Å². The third kappa shape index (κ3) is 3.60. The van der Waals surface area contributed by atoms with Crippen LogP contribution in [-0.2, 0) is 17.8 Å². The number of thioether (sulfide) groups is 1. The van der Waals surface area contributed by atoms with Crippen LogP contribution in [0.2, 0.25) is 5.02 Å². The van der Waals surface area contributed by atoms with E-state index in [1.165, 1.54) is 10.5 Å². The summed E-state index contributed by atoms with van der Waals surface area (Å²) >= 11 is 7.96. The fourth-order valence-corrected chi connectivity index (χ4v) is 5.04. The Bertz CT molecular complexity index is 1040. The molecule has 8 heteroatoms. The summed E-state index contributed by atoms with van der Waals surface area (Å²) in [6.45, 7) is 0.668. The summed E-state index contributed by atoms with van der Waals surface area (Å²) in [6.07, 6.45) is 1.78. The van der Waals surface area contributed by atoms with Gasteiger partial charge in [0.05, 0.1) is 6.42 Å². The number of aliphatic carboxylic acids is 1. The van der Waals surface area contributed by atoms with Crippen molar-refractivity contribution in [3.05, 3.63) is 58.7 Å². The minimum atomic E-state index is -1.57. The lowest BCUT2D eigenvalue weighted by Gasteiger charge is -2.14. The molecule has 0 amide bonds. The van der Waals surface area contributed by atoms with Gasteiger partial charge >= 0.3 is 13.1 Å². The Labute approximate surface area is 165 Å². The molecule has 138 valence electrons. The van der Waals surface area contributed by atoms with Crippen LogP contribution in [0.3, 0.4) is 0 Å². The minimum Gasteiger partial charge on any atom is -0.481 e. The summed E-state index contributed by atoms with van der Waals surface area (Å²) in [5.41, 5.74) is 3.10. The second-order valence-corrected chi connectivity index (χ2v) is 8.22. The third-order valence-corrected chi connectivity index (χ3v) is 6.38. The summed E-state index contributed by atoms with van der Waals surface area (Å²) in [5.74, 6) is 0.278. The Morgan fingerprint density at radius 1 is 1.26 bits per heavy atom. The van der Waals surface area contributed by atoms with E-state index in [2.05, 4.69) is 0 Å². The largest absolute Gasteiger partial charge is 0.488 e. The lowest BCUT2D eigenvalue weighted by molar-refractivity contribution is -0.136. The zero-order chi connectivity index (χ0) is 19.1. The number of rotatable bonds is 5. The van der Waals surface area contributed by atoms with Gasteiger partial charge in [-0.05, 0) is 40.9 Å². The molecule has 0 spiro atoms. The van der Waals surface area contributed by atoms with E-state index in [1.54, 1.807) is 30.0 Å². The molecular formula is C19H17BClNO4S. The van der Waals surface area contributed by atoms with E-state index in [0.717, 1.165) is 16.7 Å². The molecule has 5 nitrogen and oxygen atoms in total. The number of hydrogen-bond acceptors (Lipinski definition) is 4. The first kappa shape index (κ1) is 18.4. The van der Waals surface area contributed by atoms with Crippen LogP contribution < -0.4 is 5.46 Å². The topological polar surface area (TPSA) is 82.7 Å². The zero-order valence-electron chi connectivity index (χ0n) is 14.3. The summed E-state index contributed by atoms with van der Waals surface area (Å²) in [4.78, 5) is 12.5. The first-order chi connectivity index (χ1) is 12.9. The fraction of sp³-hybridized carbons (Fsp3) is 0.211. The zero-order valence-corrected chi connectivity index (χ0v) is 15.9. The van der Waals surface area contributed by atoms with E-state index >= 15 is 0 Å². The molecule has 2 heterocycles. The summed E-state index contributed by atoms with van der Waals surface area (Å²) in [6, 6.07) is 11.0. The Morgan fingerprint density at radius 2 is 2.07 bits per heavy atom. The van der Waals surface area contributed by atoms with Crippen LogP contribution in [-0.4, -0.2) is 38.6 Å². The predicted molar refractivity (Wildman–Crippen MR) is 108 cm³/mol. The number of nitrogens with zero attached hydrogens (tertiary/aromatic N) is 1. The SMILES string of the molecule is O=C(O)Cc1cn(CC2CSc3ccc(Cl)cc32)c2cc(B(O)O)ccc12. The van der Waals surface area contributed by atoms with Gasteiger partial charge in [-0.2, -0.15) is 0 Å². The van der Waals surface area contributed by atoms with Crippen LogP contribution in [0.4, 0.5) is 0 Å². The Hall–Kier alpha value is -1.93. The fourth-order valence-electron chi connectivity index (χ4n) is 3.64. The van der Waals surface area contributed by atoms with Crippen LogP contribution in [0, 0.1) is 0 Å². The van der Waals surface area contributed by atoms with Crippen LogP contribution in [0.1, 0.15) is 17.0 Å². The maximum Gasteiger partial charge on any atom is 0.488 e. The average Bonchev–Trinajstić information content (AvgIpc) is 3.16. The van der Waals surface area contributed by atoms with E-state index in [1.807, 2.05) is 29.0 Å². The van der Waals surface area contributed by atoms with Gasteiger partial charge in [0.15, 0.2) is 0 Å². The Morgan fingerprint density at radius 3 is 2.81 bits per heavy atom. The van der Waals surface area contributed by atoms with Crippen LogP contribution in [0.25, 0.3) is 10.9 Å². The van der Waals surface area contributed by atoms with Crippen LogP contribution >= 0.6 is 23.4 Å². The highest BCUT2D eigenvalue weighted by Crippen LogP contribution is 2.42. The van der Waals surface area contributed by atoms with Crippen LogP contribution in [0.15, 0.2) is 47.5 Å². The number of carboxylic acid groups (broad SMARTS) is 1. The van der Waals surface area contributed by atoms with Gasteiger partial charge in [0.25, 0.3) is 0 Å².